The highest BCUT2D eigenvalue weighted by Gasteiger charge is 2.37. The lowest BCUT2D eigenvalue weighted by Crippen LogP contribution is -2.45. The van der Waals surface area contributed by atoms with E-state index in [4.69, 9.17) is 9.41 Å². The average molecular weight is 753 g/mol. The van der Waals surface area contributed by atoms with E-state index in [1.165, 1.54) is 44.6 Å². The Hall–Kier alpha value is -6.43. The molecule has 3 heterocycles. The van der Waals surface area contributed by atoms with Crippen molar-refractivity contribution in [2.45, 2.75) is 50.4 Å². The van der Waals surface area contributed by atoms with Gasteiger partial charge in [0.15, 0.2) is 0 Å². The third kappa shape index (κ3) is 5.44. The highest BCUT2D eigenvalue weighted by Crippen LogP contribution is 2.50. The van der Waals surface area contributed by atoms with Crippen molar-refractivity contribution < 1.29 is 4.42 Å². The fourth-order valence-corrected chi connectivity index (χ4v) is 10.5. The van der Waals surface area contributed by atoms with Gasteiger partial charge in [-0.25, -0.2) is 4.99 Å². The number of allylic oxidation sites excluding steroid dienone is 12. The fourth-order valence-electron chi connectivity index (χ4n) is 10.5. The van der Waals surface area contributed by atoms with Crippen LogP contribution in [0.25, 0.3) is 39.7 Å². The summed E-state index contributed by atoms with van der Waals surface area (Å²) in [5, 5.41) is 10.0. The SMILES string of the molecule is C1=CC2C(C3=CC(n4c5c(c6ccccc64)CC4C=CCCC4=C5)=CCC3)=Cc3oc4c(C5=NC(c6ccccc6)NC(c6ccccc6)N5)cccc4c3C2C=C1. The highest BCUT2D eigenvalue weighted by atomic mass is 16.3. The maximum atomic E-state index is 7.07. The number of nitrogens with zero attached hydrogens (tertiary/aromatic N) is 2. The molecule has 6 aliphatic rings. The van der Waals surface area contributed by atoms with Gasteiger partial charge in [-0.05, 0) is 90.3 Å². The van der Waals surface area contributed by atoms with Gasteiger partial charge in [-0.15, -0.1) is 0 Å². The van der Waals surface area contributed by atoms with Crippen LogP contribution in [0.2, 0.25) is 0 Å². The van der Waals surface area contributed by atoms with Crippen molar-refractivity contribution in [1.29, 1.82) is 0 Å². The second-order valence-electron chi connectivity index (χ2n) is 16.5. The van der Waals surface area contributed by atoms with Crippen LogP contribution < -0.4 is 10.6 Å². The number of hydrogen-bond donors (Lipinski definition) is 2. The van der Waals surface area contributed by atoms with Gasteiger partial charge in [-0.2, -0.15) is 0 Å². The Balaban J connectivity index is 0.970. The predicted octanol–water partition coefficient (Wildman–Crippen LogP) is 12.1. The number of para-hydroxylation sites is 2. The van der Waals surface area contributed by atoms with Gasteiger partial charge in [0.05, 0.1) is 16.8 Å². The van der Waals surface area contributed by atoms with Crippen molar-refractivity contribution in [3.05, 3.63) is 208 Å². The molecular weight excluding hydrogens is 709 g/mol. The van der Waals surface area contributed by atoms with Crippen molar-refractivity contribution in [3.63, 3.8) is 0 Å². The Labute approximate surface area is 338 Å². The largest absolute Gasteiger partial charge is 0.456 e. The standard InChI is InChI=1S/C53H44N4O/c1-3-15-33(16-4-1)51-54-52(34-17-5-2-6-18-34)56-53(55-51)43-27-14-26-42-49-41-25-10-9-23-39(41)44(32-48(49)58-50(42)43)37-21-13-22-38(29-37)57-46-28-12-11-24-40(46)45-30-35-19-7-8-20-36(35)31-47(45)57/h1-7,9-12,14-19,22-29,31-32,35,39,41,51-52,54H,8,13,20-21,30H2,(H,55,56). The third-order valence-corrected chi connectivity index (χ3v) is 13.2. The molecule has 0 bridgehead atoms. The van der Waals surface area contributed by atoms with Crippen molar-refractivity contribution in [1.82, 2.24) is 15.2 Å². The first-order chi connectivity index (χ1) is 28.7. The van der Waals surface area contributed by atoms with E-state index in [1.54, 1.807) is 5.57 Å². The van der Waals surface area contributed by atoms with Gasteiger partial charge < -0.3 is 14.3 Å². The zero-order valence-corrected chi connectivity index (χ0v) is 32.3. The molecule has 58 heavy (non-hydrogen) atoms. The second kappa shape index (κ2) is 13.6. The van der Waals surface area contributed by atoms with Crippen LogP contribution in [0.15, 0.2) is 178 Å². The van der Waals surface area contributed by atoms with Crippen LogP contribution in [0.4, 0.5) is 0 Å². The van der Waals surface area contributed by atoms with E-state index in [2.05, 4.69) is 179 Å². The number of aliphatic imine (C=N–C) groups is 1. The molecule has 1 aliphatic heterocycles. The molecule has 6 aromatic rings. The number of rotatable bonds is 5. The molecule has 5 atom stereocenters. The third-order valence-electron chi connectivity index (χ3n) is 13.2. The molecule has 5 unspecified atom stereocenters. The van der Waals surface area contributed by atoms with Crippen LogP contribution in [-0.2, 0) is 6.42 Å². The maximum Gasteiger partial charge on any atom is 0.146 e. The second-order valence-corrected chi connectivity index (χ2v) is 16.5. The van der Waals surface area contributed by atoms with Gasteiger partial charge in [0.1, 0.15) is 29.5 Å². The van der Waals surface area contributed by atoms with E-state index >= 15 is 0 Å². The Morgan fingerprint density at radius 1 is 0.707 bits per heavy atom. The van der Waals surface area contributed by atoms with Crippen LogP contribution >= 0.6 is 0 Å². The van der Waals surface area contributed by atoms with Crippen molar-refractivity contribution in [2.75, 3.05) is 0 Å². The van der Waals surface area contributed by atoms with E-state index in [1.807, 2.05) is 0 Å². The maximum absolute atomic E-state index is 7.07. The summed E-state index contributed by atoms with van der Waals surface area (Å²) in [5.41, 5.74) is 15.2. The first kappa shape index (κ1) is 33.7. The van der Waals surface area contributed by atoms with Crippen LogP contribution in [0, 0.1) is 11.8 Å². The van der Waals surface area contributed by atoms with E-state index in [0.29, 0.717) is 5.92 Å². The van der Waals surface area contributed by atoms with Crippen molar-refractivity contribution in [2.24, 2.45) is 16.8 Å². The minimum absolute atomic E-state index is 0.123. The Bertz CT molecular complexity index is 2890. The highest BCUT2D eigenvalue weighted by molar-refractivity contribution is 6.09. The number of amidine groups is 1. The van der Waals surface area contributed by atoms with E-state index in [9.17, 15) is 0 Å². The van der Waals surface area contributed by atoms with Gasteiger partial charge in [-0.3, -0.25) is 5.32 Å². The normalized spacial score (nSPS) is 24.4. The average Bonchev–Trinajstić information content (AvgIpc) is 3.84. The fraction of sp³-hybridized carbons (Fsp3) is 0.189. The molecule has 0 spiro atoms. The number of nitrogens with one attached hydrogen (secondary N) is 2. The van der Waals surface area contributed by atoms with E-state index in [-0.39, 0.29) is 24.2 Å². The monoisotopic (exact) mass is 752 g/mol. The Morgan fingerprint density at radius 2 is 1.50 bits per heavy atom. The number of hydrogen-bond acceptors (Lipinski definition) is 4. The van der Waals surface area contributed by atoms with Crippen molar-refractivity contribution in [3.8, 4) is 0 Å². The van der Waals surface area contributed by atoms with Crippen LogP contribution in [0.1, 0.15) is 83.2 Å². The minimum Gasteiger partial charge on any atom is -0.456 e. The molecule has 2 N–H and O–H groups in total. The first-order valence-corrected chi connectivity index (χ1v) is 21.0. The molecule has 0 saturated carbocycles. The first-order valence-electron chi connectivity index (χ1n) is 21.0. The molecule has 5 nitrogen and oxygen atoms in total. The quantitative estimate of drug-likeness (QED) is 0.172. The predicted molar refractivity (Wildman–Crippen MR) is 237 cm³/mol. The topological polar surface area (TPSA) is 54.5 Å². The number of aromatic nitrogens is 1. The van der Waals surface area contributed by atoms with Gasteiger partial charge in [0, 0.05) is 39.8 Å². The van der Waals surface area contributed by atoms with Gasteiger partial charge in [0.2, 0.25) is 0 Å². The summed E-state index contributed by atoms with van der Waals surface area (Å²) in [6.07, 6.45) is 28.9. The smallest absolute Gasteiger partial charge is 0.146 e. The summed E-state index contributed by atoms with van der Waals surface area (Å²) in [5.74, 6) is 2.70. The molecule has 0 saturated heterocycles. The molecule has 4 aromatic carbocycles. The number of fused-ring (bicyclic) bond motifs is 9. The minimum atomic E-state index is -0.217. The molecule has 5 aliphatic carbocycles. The van der Waals surface area contributed by atoms with Crippen molar-refractivity contribution >= 4 is 45.6 Å². The zero-order chi connectivity index (χ0) is 38.2. The van der Waals surface area contributed by atoms with E-state index < -0.39 is 0 Å². The number of furan rings is 1. The summed E-state index contributed by atoms with van der Waals surface area (Å²) >= 11 is 0. The summed E-state index contributed by atoms with van der Waals surface area (Å²) in [6.45, 7) is 0. The van der Waals surface area contributed by atoms with Crippen LogP contribution in [-0.4, -0.2) is 10.4 Å². The van der Waals surface area contributed by atoms with Gasteiger partial charge in [-0.1, -0.05) is 139 Å². The summed E-state index contributed by atoms with van der Waals surface area (Å²) < 4.78 is 9.63. The molecule has 282 valence electrons. The van der Waals surface area contributed by atoms with Gasteiger partial charge in [0.25, 0.3) is 0 Å². The molecule has 0 radical (unpaired) electrons. The molecular formula is C53H44N4O. The molecule has 0 amide bonds. The van der Waals surface area contributed by atoms with E-state index in [0.717, 1.165) is 71.4 Å². The Kier molecular flexibility index (Phi) is 7.90. The Morgan fingerprint density at radius 3 is 2.38 bits per heavy atom. The van der Waals surface area contributed by atoms with Crippen LogP contribution in [0.5, 0.6) is 0 Å². The lowest BCUT2D eigenvalue weighted by Gasteiger charge is -2.33. The molecule has 12 rings (SSSR count). The summed E-state index contributed by atoms with van der Waals surface area (Å²) in [4.78, 5) is 5.30. The summed E-state index contributed by atoms with van der Waals surface area (Å²) in [7, 11) is 0. The summed E-state index contributed by atoms with van der Waals surface area (Å²) in [6, 6.07) is 36.6. The lowest BCUT2D eigenvalue weighted by molar-refractivity contribution is 0.409. The van der Waals surface area contributed by atoms with Gasteiger partial charge >= 0.3 is 0 Å². The number of benzene rings is 4. The van der Waals surface area contributed by atoms with Crippen LogP contribution in [0.3, 0.4) is 0 Å². The lowest BCUT2D eigenvalue weighted by atomic mass is 9.71. The molecule has 5 heteroatoms. The molecule has 0 fully saturated rings. The zero-order valence-electron chi connectivity index (χ0n) is 32.3. The molecule has 2 aromatic heterocycles.